The SMILES string of the molecule is CC(C)(C)[C@H](N)C(=O)NCCCOCC1CCOC1. The first kappa shape index (κ1) is 16.4. The summed E-state index contributed by atoms with van der Waals surface area (Å²) in [4.78, 5) is 11.7. The fourth-order valence-electron chi connectivity index (χ4n) is 1.85. The second-order valence-corrected chi connectivity index (χ2v) is 6.29. The van der Waals surface area contributed by atoms with Crippen molar-refractivity contribution >= 4 is 5.91 Å². The van der Waals surface area contributed by atoms with Gasteiger partial charge in [0.1, 0.15) is 0 Å². The maximum Gasteiger partial charge on any atom is 0.237 e. The number of ether oxygens (including phenoxy) is 2. The third-order valence-corrected chi connectivity index (χ3v) is 3.36. The van der Waals surface area contributed by atoms with Crippen molar-refractivity contribution in [3.63, 3.8) is 0 Å². The molecule has 1 fully saturated rings. The van der Waals surface area contributed by atoms with Crippen LogP contribution in [0.1, 0.15) is 33.6 Å². The molecule has 1 aliphatic rings. The number of carbonyl (C=O) groups is 1. The molecule has 0 aromatic heterocycles. The highest BCUT2D eigenvalue weighted by Crippen LogP contribution is 2.17. The highest BCUT2D eigenvalue weighted by molar-refractivity contribution is 5.82. The quantitative estimate of drug-likeness (QED) is 0.676. The van der Waals surface area contributed by atoms with E-state index in [1.165, 1.54) is 0 Å². The van der Waals surface area contributed by atoms with Gasteiger partial charge in [0.25, 0.3) is 0 Å². The van der Waals surface area contributed by atoms with Gasteiger partial charge in [0.2, 0.25) is 5.91 Å². The van der Waals surface area contributed by atoms with Gasteiger partial charge in [-0.05, 0) is 18.3 Å². The lowest BCUT2D eigenvalue weighted by atomic mass is 9.87. The van der Waals surface area contributed by atoms with Crippen LogP contribution in [0.15, 0.2) is 0 Å². The molecule has 0 radical (unpaired) electrons. The Morgan fingerprint density at radius 3 is 2.84 bits per heavy atom. The molecule has 3 N–H and O–H groups in total. The van der Waals surface area contributed by atoms with E-state index < -0.39 is 6.04 Å². The fourth-order valence-corrected chi connectivity index (χ4v) is 1.85. The molecule has 0 bridgehead atoms. The van der Waals surface area contributed by atoms with E-state index in [-0.39, 0.29) is 11.3 Å². The maximum atomic E-state index is 11.7. The number of nitrogens with two attached hydrogens (primary N) is 1. The smallest absolute Gasteiger partial charge is 0.237 e. The third kappa shape index (κ3) is 6.36. The molecule has 1 heterocycles. The molecular formula is C14H28N2O3. The summed E-state index contributed by atoms with van der Waals surface area (Å²) in [5.74, 6) is 0.459. The molecule has 1 saturated heterocycles. The first-order valence-electron chi connectivity index (χ1n) is 7.10. The van der Waals surface area contributed by atoms with E-state index in [1.807, 2.05) is 20.8 Å². The largest absolute Gasteiger partial charge is 0.381 e. The zero-order chi connectivity index (χ0) is 14.3. The Labute approximate surface area is 116 Å². The van der Waals surface area contributed by atoms with Crippen LogP contribution in [0.2, 0.25) is 0 Å². The molecule has 0 aliphatic carbocycles. The summed E-state index contributed by atoms with van der Waals surface area (Å²) in [6.45, 7) is 9.60. The van der Waals surface area contributed by atoms with Crippen LogP contribution in [-0.4, -0.2) is 44.9 Å². The highest BCUT2D eigenvalue weighted by atomic mass is 16.5. The molecule has 2 atom stereocenters. The predicted octanol–water partition coefficient (Wildman–Crippen LogP) is 0.919. The van der Waals surface area contributed by atoms with Gasteiger partial charge in [-0.2, -0.15) is 0 Å². The average Bonchev–Trinajstić information content (AvgIpc) is 2.84. The molecular weight excluding hydrogens is 244 g/mol. The van der Waals surface area contributed by atoms with Gasteiger partial charge in [0.15, 0.2) is 0 Å². The minimum atomic E-state index is -0.468. The lowest BCUT2D eigenvalue weighted by Gasteiger charge is -2.25. The van der Waals surface area contributed by atoms with E-state index in [1.54, 1.807) is 0 Å². The summed E-state index contributed by atoms with van der Waals surface area (Å²) in [7, 11) is 0. The molecule has 1 aliphatic heterocycles. The zero-order valence-electron chi connectivity index (χ0n) is 12.4. The van der Waals surface area contributed by atoms with Crippen LogP contribution in [0.4, 0.5) is 0 Å². The number of amides is 1. The van der Waals surface area contributed by atoms with Crippen molar-refractivity contribution in [2.45, 2.75) is 39.7 Å². The molecule has 5 nitrogen and oxygen atoms in total. The summed E-state index contributed by atoms with van der Waals surface area (Å²) in [5.41, 5.74) is 5.66. The zero-order valence-corrected chi connectivity index (χ0v) is 12.4. The van der Waals surface area contributed by atoms with Crippen molar-refractivity contribution in [1.29, 1.82) is 0 Å². The van der Waals surface area contributed by atoms with E-state index in [2.05, 4.69) is 5.32 Å². The summed E-state index contributed by atoms with van der Waals surface area (Å²) in [6, 6.07) is -0.468. The number of rotatable bonds is 7. The van der Waals surface area contributed by atoms with Crippen molar-refractivity contribution in [3.8, 4) is 0 Å². The van der Waals surface area contributed by atoms with Crippen molar-refractivity contribution in [2.75, 3.05) is 33.0 Å². The Balaban J connectivity index is 1.99. The lowest BCUT2D eigenvalue weighted by molar-refractivity contribution is -0.124. The van der Waals surface area contributed by atoms with Crippen molar-refractivity contribution in [3.05, 3.63) is 0 Å². The molecule has 1 amide bonds. The number of carbonyl (C=O) groups excluding carboxylic acids is 1. The van der Waals surface area contributed by atoms with Gasteiger partial charge in [0, 0.05) is 25.7 Å². The predicted molar refractivity (Wildman–Crippen MR) is 74.8 cm³/mol. The summed E-state index contributed by atoms with van der Waals surface area (Å²) < 4.78 is 10.8. The Morgan fingerprint density at radius 1 is 1.53 bits per heavy atom. The van der Waals surface area contributed by atoms with Crippen LogP contribution in [0.25, 0.3) is 0 Å². The molecule has 0 aromatic carbocycles. The van der Waals surface area contributed by atoms with Crippen LogP contribution < -0.4 is 11.1 Å². The lowest BCUT2D eigenvalue weighted by Crippen LogP contribution is -2.48. The van der Waals surface area contributed by atoms with Gasteiger partial charge in [-0.3, -0.25) is 4.79 Å². The maximum absolute atomic E-state index is 11.7. The van der Waals surface area contributed by atoms with Crippen LogP contribution in [0.3, 0.4) is 0 Å². The number of hydrogen-bond donors (Lipinski definition) is 2. The van der Waals surface area contributed by atoms with E-state index >= 15 is 0 Å². The van der Waals surface area contributed by atoms with Crippen molar-refractivity contribution < 1.29 is 14.3 Å². The topological polar surface area (TPSA) is 73.6 Å². The fraction of sp³-hybridized carbons (Fsp3) is 0.929. The van der Waals surface area contributed by atoms with Gasteiger partial charge >= 0.3 is 0 Å². The van der Waals surface area contributed by atoms with Gasteiger partial charge in [-0.1, -0.05) is 20.8 Å². The molecule has 0 aromatic rings. The minimum absolute atomic E-state index is 0.0864. The van der Waals surface area contributed by atoms with Crippen LogP contribution in [-0.2, 0) is 14.3 Å². The Kier molecular flexibility index (Phi) is 6.75. The minimum Gasteiger partial charge on any atom is -0.381 e. The van der Waals surface area contributed by atoms with Gasteiger partial charge < -0.3 is 20.5 Å². The normalized spacial score (nSPS) is 21.4. The summed E-state index contributed by atoms with van der Waals surface area (Å²) >= 11 is 0. The first-order chi connectivity index (χ1) is 8.91. The standard InChI is InChI=1S/C14H28N2O3/c1-14(2,3)12(15)13(17)16-6-4-7-18-9-11-5-8-19-10-11/h11-12H,4-10,15H2,1-3H3,(H,16,17)/t11?,12-/m1/s1. The van der Waals surface area contributed by atoms with Crippen LogP contribution in [0, 0.1) is 11.3 Å². The Morgan fingerprint density at radius 2 is 2.26 bits per heavy atom. The number of nitrogens with one attached hydrogen (secondary N) is 1. The third-order valence-electron chi connectivity index (χ3n) is 3.36. The summed E-state index contributed by atoms with van der Waals surface area (Å²) in [6.07, 6.45) is 1.91. The Hall–Kier alpha value is -0.650. The molecule has 0 spiro atoms. The molecule has 19 heavy (non-hydrogen) atoms. The van der Waals surface area contributed by atoms with E-state index in [4.69, 9.17) is 15.2 Å². The Bertz CT molecular complexity index is 270. The van der Waals surface area contributed by atoms with Crippen molar-refractivity contribution in [1.82, 2.24) is 5.32 Å². The summed E-state index contributed by atoms with van der Waals surface area (Å²) in [5, 5.41) is 2.85. The highest BCUT2D eigenvalue weighted by Gasteiger charge is 2.26. The van der Waals surface area contributed by atoms with E-state index in [9.17, 15) is 4.79 Å². The second-order valence-electron chi connectivity index (χ2n) is 6.29. The molecule has 5 heteroatoms. The molecule has 112 valence electrons. The monoisotopic (exact) mass is 272 g/mol. The molecule has 0 saturated carbocycles. The second kappa shape index (κ2) is 7.82. The van der Waals surface area contributed by atoms with Gasteiger partial charge in [-0.15, -0.1) is 0 Å². The number of hydrogen-bond acceptors (Lipinski definition) is 4. The first-order valence-corrected chi connectivity index (χ1v) is 7.10. The van der Waals surface area contributed by atoms with Crippen molar-refractivity contribution in [2.24, 2.45) is 17.1 Å². The van der Waals surface area contributed by atoms with Crippen LogP contribution >= 0.6 is 0 Å². The van der Waals surface area contributed by atoms with E-state index in [0.29, 0.717) is 19.1 Å². The van der Waals surface area contributed by atoms with Gasteiger partial charge in [-0.25, -0.2) is 0 Å². The average molecular weight is 272 g/mol. The van der Waals surface area contributed by atoms with Gasteiger partial charge in [0.05, 0.1) is 19.3 Å². The molecule has 1 rings (SSSR count). The van der Waals surface area contributed by atoms with E-state index in [0.717, 1.165) is 32.7 Å². The van der Waals surface area contributed by atoms with Crippen LogP contribution in [0.5, 0.6) is 0 Å². The molecule has 1 unspecified atom stereocenters.